The molecule has 1 atom stereocenters. The number of nitrogens with zero attached hydrogens (tertiary/aromatic N) is 3. The molecule has 0 unspecified atom stereocenters. The molecule has 1 saturated heterocycles. The fraction of sp³-hybridized carbons (Fsp3) is 0.529. The highest BCUT2D eigenvalue weighted by atomic mass is 32.2. The Morgan fingerprint density at radius 3 is 2.62 bits per heavy atom. The van der Waals surface area contributed by atoms with Gasteiger partial charge in [-0.25, -0.2) is 5.14 Å². The Morgan fingerprint density at radius 2 is 1.97 bits per heavy atom. The first kappa shape index (κ1) is 20.1. The van der Waals surface area contributed by atoms with E-state index < -0.39 is 23.0 Å². The number of hydrogen-bond acceptors (Lipinski definition) is 6. The van der Waals surface area contributed by atoms with Crippen LogP contribution in [0.3, 0.4) is 0 Å². The largest absolute Gasteiger partial charge is 0.483 e. The summed E-state index contributed by atoms with van der Waals surface area (Å²) in [6.45, 7) is -0.736. The zero-order valence-corrected chi connectivity index (χ0v) is 16.0. The van der Waals surface area contributed by atoms with Gasteiger partial charge in [0.1, 0.15) is 5.75 Å². The van der Waals surface area contributed by atoms with Gasteiger partial charge in [-0.2, -0.15) is 30.9 Å². The van der Waals surface area contributed by atoms with Crippen LogP contribution in [0.1, 0.15) is 31.0 Å². The van der Waals surface area contributed by atoms with Gasteiger partial charge in [-0.15, -0.1) is 0 Å². The molecule has 1 spiro atoms. The average molecular weight is 432 g/mol. The minimum atomic E-state index is -4.46. The van der Waals surface area contributed by atoms with Crippen LogP contribution in [0, 0.1) is 5.41 Å². The third-order valence-corrected chi connectivity index (χ3v) is 6.61. The van der Waals surface area contributed by atoms with Crippen LogP contribution in [0.4, 0.5) is 13.2 Å². The summed E-state index contributed by atoms with van der Waals surface area (Å²) in [5, 5.41) is 9.18. The molecule has 2 aromatic rings. The molecule has 29 heavy (non-hydrogen) atoms. The van der Waals surface area contributed by atoms with E-state index in [9.17, 15) is 21.6 Å². The minimum Gasteiger partial charge on any atom is -0.483 e. The van der Waals surface area contributed by atoms with Crippen molar-refractivity contribution in [2.75, 3.05) is 19.7 Å². The second-order valence-corrected chi connectivity index (χ2v) is 8.97. The third kappa shape index (κ3) is 4.23. The molecule has 0 bridgehead atoms. The molecule has 0 amide bonds. The van der Waals surface area contributed by atoms with Crippen LogP contribution < -0.4 is 9.88 Å². The van der Waals surface area contributed by atoms with Crippen molar-refractivity contribution >= 4 is 10.2 Å². The van der Waals surface area contributed by atoms with Crippen molar-refractivity contribution in [1.29, 1.82) is 0 Å². The van der Waals surface area contributed by atoms with E-state index in [1.165, 1.54) is 10.4 Å². The van der Waals surface area contributed by atoms with Crippen LogP contribution in [-0.2, 0) is 10.2 Å². The van der Waals surface area contributed by atoms with Gasteiger partial charge in [0.25, 0.3) is 16.1 Å². The van der Waals surface area contributed by atoms with Crippen molar-refractivity contribution in [2.24, 2.45) is 10.6 Å². The Balaban J connectivity index is 1.47. The first-order valence-corrected chi connectivity index (χ1v) is 10.5. The third-order valence-electron chi connectivity index (χ3n) is 5.53. The molecule has 2 aliphatic rings. The molecule has 8 nitrogen and oxygen atoms in total. The van der Waals surface area contributed by atoms with Gasteiger partial charge in [0.2, 0.25) is 0 Å². The fourth-order valence-corrected chi connectivity index (χ4v) is 4.56. The zero-order chi connectivity index (χ0) is 20.9. The number of nitrogens with two attached hydrogens (primary N) is 1. The molecule has 0 radical (unpaired) electrons. The molecule has 1 aliphatic carbocycles. The summed E-state index contributed by atoms with van der Waals surface area (Å²) >= 11 is 0. The van der Waals surface area contributed by atoms with Crippen LogP contribution in [-0.4, -0.2) is 48.7 Å². The molecule has 1 aliphatic heterocycles. The number of para-hydroxylation sites is 1. The standard InChI is InChI=1S/C17H19F3N4O4S/c18-17(19,20)10-27-13-4-2-1-3-11(13)15-22-14(23-28-15)12-9-16(12)5-7-24(8-6-16)29(21,25)26/h1-4,12H,5-10H2,(H2,21,25,26)/t12-/m0/s1. The minimum absolute atomic E-state index is 0.00648. The van der Waals surface area contributed by atoms with Gasteiger partial charge in [-0.3, -0.25) is 0 Å². The highest BCUT2D eigenvalue weighted by Gasteiger charge is 2.58. The van der Waals surface area contributed by atoms with Crippen LogP contribution in [0.15, 0.2) is 28.8 Å². The highest BCUT2D eigenvalue weighted by Crippen LogP contribution is 2.64. The summed E-state index contributed by atoms with van der Waals surface area (Å²) in [5.74, 6) is 0.578. The summed E-state index contributed by atoms with van der Waals surface area (Å²) in [6.07, 6.45) is -2.37. The first-order chi connectivity index (χ1) is 13.6. The smallest absolute Gasteiger partial charge is 0.422 e. The number of aromatic nitrogens is 2. The van der Waals surface area contributed by atoms with Crippen molar-refractivity contribution in [2.45, 2.75) is 31.4 Å². The molecule has 2 heterocycles. The summed E-state index contributed by atoms with van der Waals surface area (Å²) in [7, 11) is -3.69. The van der Waals surface area contributed by atoms with Crippen molar-refractivity contribution in [1.82, 2.24) is 14.4 Å². The maximum Gasteiger partial charge on any atom is 0.422 e. The van der Waals surface area contributed by atoms with Gasteiger partial charge in [-0.05, 0) is 36.8 Å². The Kier molecular flexibility index (Phi) is 4.82. The van der Waals surface area contributed by atoms with Gasteiger partial charge in [0, 0.05) is 19.0 Å². The lowest BCUT2D eigenvalue weighted by Gasteiger charge is -2.30. The number of ether oxygens (including phenoxy) is 1. The van der Waals surface area contributed by atoms with Crippen LogP contribution in [0.2, 0.25) is 0 Å². The zero-order valence-electron chi connectivity index (χ0n) is 15.2. The van der Waals surface area contributed by atoms with Crippen LogP contribution >= 0.6 is 0 Å². The first-order valence-electron chi connectivity index (χ1n) is 8.98. The number of piperidine rings is 1. The lowest BCUT2D eigenvalue weighted by atomic mass is 9.92. The van der Waals surface area contributed by atoms with Gasteiger partial charge in [0.05, 0.1) is 5.56 Å². The van der Waals surface area contributed by atoms with Crippen molar-refractivity contribution in [3.8, 4) is 17.2 Å². The quantitative estimate of drug-likeness (QED) is 0.777. The van der Waals surface area contributed by atoms with Crippen molar-refractivity contribution in [3.05, 3.63) is 30.1 Å². The average Bonchev–Trinajstić information content (AvgIpc) is 3.12. The Hall–Kier alpha value is -2.18. The van der Waals surface area contributed by atoms with Gasteiger partial charge < -0.3 is 9.26 Å². The molecular formula is C17H19F3N4O4S. The lowest BCUT2D eigenvalue weighted by molar-refractivity contribution is -0.153. The topological polar surface area (TPSA) is 112 Å². The number of halogens is 3. The number of benzene rings is 1. The maximum atomic E-state index is 12.5. The monoisotopic (exact) mass is 432 g/mol. The molecule has 1 aromatic heterocycles. The molecule has 4 rings (SSSR count). The van der Waals surface area contributed by atoms with E-state index in [0.717, 1.165) is 6.42 Å². The highest BCUT2D eigenvalue weighted by molar-refractivity contribution is 7.86. The predicted octanol–water partition coefficient (Wildman–Crippen LogP) is 2.45. The Labute approximate surface area is 165 Å². The van der Waals surface area contributed by atoms with E-state index in [1.54, 1.807) is 18.2 Å². The summed E-state index contributed by atoms with van der Waals surface area (Å²) in [6, 6.07) is 6.16. The number of alkyl halides is 3. The molecule has 1 aromatic carbocycles. The van der Waals surface area contributed by atoms with Crippen LogP contribution in [0.5, 0.6) is 5.75 Å². The second kappa shape index (κ2) is 6.96. The SMILES string of the molecule is NS(=O)(=O)N1CCC2(CC1)C[C@H]2c1noc(-c2ccccc2OCC(F)(F)F)n1. The molecule has 12 heteroatoms. The lowest BCUT2D eigenvalue weighted by Crippen LogP contribution is -2.43. The normalized spacial score (nSPS) is 22.0. The second-order valence-electron chi connectivity index (χ2n) is 7.42. The Bertz CT molecular complexity index is 1000. The summed E-state index contributed by atoms with van der Waals surface area (Å²) in [5.41, 5.74) is 0.198. The van der Waals surface area contributed by atoms with E-state index in [4.69, 9.17) is 14.4 Å². The fourth-order valence-electron chi connectivity index (χ4n) is 3.87. The molecule has 2 fully saturated rings. The van der Waals surface area contributed by atoms with Crippen LogP contribution in [0.25, 0.3) is 11.5 Å². The summed E-state index contributed by atoms with van der Waals surface area (Å²) in [4.78, 5) is 4.37. The number of hydrogen-bond donors (Lipinski definition) is 1. The van der Waals surface area contributed by atoms with Crippen molar-refractivity contribution in [3.63, 3.8) is 0 Å². The van der Waals surface area contributed by atoms with Gasteiger partial charge >= 0.3 is 6.18 Å². The molecular weight excluding hydrogens is 413 g/mol. The van der Waals surface area contributed by atoms with E-state index in [0.29, 0.717) is 31.8 Å². The van der Waals surface area contributed by atoms with E-state index >= 15 is 0 Å². The van der Waals surface area contributed by atoms with Gasteiger partial charge in [0.15, 0.2) is 12.4 Å². The van der Waals surface area contributed by atoms with E-state index in [-0.39, 0.29) is 28.5 Å². The maximum absolute atomic E-state index is 12.5. The predicted molar refractivity (Wildman–Crippen MR) is 95.0 cm³/mol. The molecule has 2 N–H and O–H groups in total. The summed E-state index contributed by atoms with van der Waals surface area (Å²) < 4.78 is 71.7. The van der Waals surface area contributed by atoms with E-state index in [2.05, 4.69) is 10.1 Å². The Morgan fingerprint density at radius 1 is 1.28 bits per heavy atom. The van der Waals surface area contributed by atoms with E-state index in [1.807, 2.05) is 0 Å². The molecule has 158 valence electrons. The molecule has 1 saturated carbocycles. The number of rotatable bonds is 5. The van der Waals surface area contributed by atoms with Crippen molar-refractivity contribution < 1.29 is 30.8 Å². The van der Waals surface area contributed by atoms with Gasteiger partial charge in [-0.1, -0.05) is 17.3 Å².